The van der Waals surface area contributed by atoms with Gasteiger partial charge in [0.05, 0.1) is 5.69 Å². The van der Waals surface area contributed by atoms with Gasteiger partial charge in [-0.15, -0.1) is 0 Å². The fraction of sp³-hybridized carbons (Fsp3) is 0.364. The molecule has 3 nitrogen and oxygen atoms in total. The third-order valence-corrected chi connectivity index (χ3v) is 2.87. The van der Waals surface area contributed by atoms with Gasteiger partial charge >= 0.3 is 0 Å². The van der Waals surface area contributed by atoms with Crippen molar-refractivity contribution in [1.29, 1.82) is 0 Å². The molecule has 0 atom stereocenters. The second-order valence-electron chi connectivity index (χ2n) is 3.85. The van der Waals surface area contributed by atoms with Crippen molar-refractivity contribution in [3.63, 3.8) is 0 Å². The van der Waals surface area contributed by atoms with Crippen LogP contribution in [0, 0.1) is 5.82 Å². The van der Waals surface area contributed by atoms with Crippen molar-refractivity contribution in [2.75, 3.05) is 18.1 Å². The normalized spacial score (nSPS) is 18.5. The molecule has 0 unspecified atom stereocenters. The molecule has 0 N–H and O–H groups in total. The Hall–Kier alpha value is -1.58. The van der Waals surface area contributed by atoms with Crippen molar-refractivity contribution >= 4 is 11.6 Å². The smallest absolute Gasteiger partial charge is 0.265 e. The number of hydrogen-bond acceptors (Lipinski definition) is 2. The van der Waals surface area contributed by atoms with Crippen LogP contribution in [-0.2, 0) is 11.2 Å². The zero-order chi connectivity index (χ0) is 10.4. The van der Waals surface area contributed by atoms with Crippen LogP contribution in [0.1, 0.15) is 12.0 Å². The number of carbonyl (C=O) groups is 1. The molecule has 2 aliphatic rings. The van der Waals surface area contributed by atoms with Gasteiger partial charge in [-0.1, -0.05) is 0 Å². The second-order valence-corrected chi connectivity index (χ2v) is 3.85. The van der Waals surface area contributed by atoms with E-state index in [1.54, 1.807) is 4.90 Å². The molecule has 1 amide bonds. The molecule has 15 heavy (non-hydrogen) atoms. The van der Waals surface area contributed by atoms with E-state index in [9.17, 15) is 9.18 Å². The van der Waals surface area contributed by atoms with Crippen molar-refractivity contribution in [3.05, 3.63) is 23.5 Å². The lowest BCUT2D eigenvalue weighted by molar-refractivity contribution is -0.121. The van der Waals surface area contributed by atoms with Crippen LogP contribution in [0.4, 0.5) is 10.1 Å². The van der Waals surface area contributed by atoms with Gasteiger partial charge in [-0.05, 0) is 24.5 Å². The van der Waals surface area contributed by atoms with Crippen molar-refractivity contribution in [2.24, 2.45) is 0 Å². The summed E-state index contributed by atoms with van der Waals surface area (Å²) in [5.41, 5.74) is 1.66. The molecule has 0 fully saturated rings. The molecular formula is C11H10FNO2. The molecule has 4 heteroatoms. The van der Waals surface area contributed by atoms with E-state index in [-0.39, 0.29) is 18.3 Å². The molecule has 0 aromatic heterocycles. The summed E-state index contributed by atoms with van der Waals surface area (Å²) in [6, 6.07) is 2.84. The SMILES string of the molecule is O=C1COc2cc(F)cc3c2N1CCC3. The molecule has 1 aromatic carbocycles. The lowest BCUT2D eigenvalue weighted by Crippen LogP contribution is -2.42. The number of benzene rings is 1. The van der Waals surface area contributed by atoms with Crippen LogP contribution < -0.4 is 9.64 Å². The summed E-state index contributed by atoms with van der Waals surface area (Å²) in [6.45, 7) is 0.740. The van der Waals surface area contributed by atoms with Crippen LogP contribution in [0.3, 0.4) is 0 Å². The van der Waals surface area contributed by atoms with E-state index >= 15 is 0 Å². The van der Waals surface area contributed by atoms with Crippen molar-refractivity contribution < 1.29 is 13.9 Å². The molecular weight excluding hydrogens is 197 g/mol. The number of anilines is 1. The van der Waals surface area contributed by atoms with Crippen LogP contribution in [0.2, 0.25) is 0 Å². The Balaban J connectivity index is 2.22. The van der Waals surface area contributed by atoms with Gasteiger partial charge in [0.1, 0.15) is 11.6 Å². The summed E-state index contributed by atoms with van der Waals surface area (Å²) in [4.78, 5) is 13.3. The minimum atomic E-state index is -0.292. The number of aryl methyl sites for hydroxylation is 1. The predicted molar refractivity (Wildman–Crippen MR) is 52.6 cm³/mol. The summed E-state index contributed by atoms with van der Waals surface area (Å²) in [5, 5.41) is 0. The third-order valence-electron chi connectivity index (χ3n) is 2.87. The van der Waals surface area contributed by atoms with E-state index in [1.807, 2.05) is 0 Å². The predicted octanol–water partition coefficient (Wildman–Crippen LogP) is 1.50. The number of carbonyl (C=O) groups excluding carboxylic acids is 1. The van der Waals surface area contributed by atoms with Crippen molar-refractivity contribution in [1.82, 2.24) is 0 Å². The van der Waals surface area contributed by atoms with Gasteiger partial charge < -0.3 is 9.64 Å². The summed E-state index contributed by atoms with van der Waals surface area (Å²) >= 11 is 0. The first kappa shape index (κ1) is 8.71. The molecule has 2 heterocycles. The Morgan fingerprint density at radius 2 is 2.27 bits per heavy atom. The number of nitrogens with zero attached hydrogens (tertiary/aromatic N) is 1. The molecule has 0 bridgehead atoms. The van der Waals surface area contributed by atoms with Crippen molar-refractivity contribution in [2.45, 2.75) is 12.8 Å². The average Bonchev–Trinajstić information content (AvgIpc) is 2.23. The van der Waals surface area contributed by atoms with E-state index in [4.69, 9.17) is 4.74 Å². The molecule has 3 rings (SSSR count). The highest BCUT2D eigenvalue weighted by molar-refractivity contribution is 5.99. The molecule has 1 aromatic rings. The Morgan fingerprint density at radius 1 is 1.40 bits per heavy atom. The highest BCUT2D eigenvalue weighted by atomic mass is 19.1. The van der Waals surface area contributed by atoms with Crippen LogP contribution >= 0.6 is 0 Å². The summed E-state index contributed by atoms with van der Waals surface area (Å²) < 4.78 is 18.4. The van der Waals surface area contributed by atoms with Gasteiger partial charge in [-0.2, -0.15) is 0 Å². The molecule has 78 valence electrons. The number of rotatable bonds is 0. The van der Waals surface area contributed by atoms with Gasteiger partial charge in [-0.3, -0.25) is 4.79 Å². The first-order valence-electron chi connectivity index (χ1n) is 5.01. The fourth-order valence-electron chi connectivity index (χ4n) is 2.24. The lowest BCUT2D eigenvalue weighted by atomic mass is 10.00. The third kappa shape index (κ3) is 1.21. The van der Waals surface area contributed by atoms with E-state index in [1.165, 1.54) is 12.1 Å². The Bertz CT molecular complexity index is 427. The van der Waals surface area contributed by atoms with Gasteiger partial charge in [0, 0.05) is 12.6 Å². The highest BCUT2D eigenvalue weighted by Gasteiger charge is 2.30. The number of hydrogen-bond donors (Lipinski definition) is 0. The fourth-order valence-corrected chi connectivity index (χ4v) is 2.24. The molecule has 0 aliphatic carbocycles. The summed E-state index contributed by atoms with van der Waals surface area (Å²) in [5.74, 6) is 0.180. The van der Waals surface area contributed by atoms with Gasteiger partial charge in [0.2, 0.25) is 0 Å². The second kappa shape index (κ2) is 2.95. The standard InChI is InChI=1S/C11H10FNO2/c12-8-4-7-2-1-3-13-10(14)6-15-9(5-8)11(7)13/h4-5H,1-3,6H2. The van der Waals surface area contributed by atoms with Crippen LogP contribution in [-0.4, -0.2) is 19.1 Å². The zero-order valence-electron chi connectivity index (χ0n) is 8.12. The molecule has 0 saturated carbocycles. The number of halogens is 1. The highest BCUT2D eigenvalue weighted by Crippen LogP contribution is 2.39. The van der Waals surface area contributed by atoms with E-state index in [0.717, 1.165) is 24.1 Å². The van der Waals surface area contributed by atoms with Crippen molar-refractivity contribution in [3.8, 4) is 5.75 Å². The van der Waals surface area contributed by atoms with Crippen LogP contribution in [0.15, 0.2) is 12.1 Å². The summed E-state index contributed by atoms with van der Waals surface area (Å²) in [6.07, 6.45) is 1.70. The Morgan fingerprint density at radius 3 is 3.13 bits per heavy atom. The minimum Gasteiger partial charge on any atom is -0.481 e. The molecule has 2 aliphatic heterocycles. The van der Waals surface area contributed by atoms with Gasteiger partial charge in [0.25, 0.3) is 5.91 Å². The summed E-state index contributed by atoms with van der Waals surface area (Å²) in [7, 11) is 0. The topological polar surface area (TPSA) is 29.5 Å². The van der Waals surface area contributed by atoms with E-state index in [0.29, 0.717) is 12.3 Å². The molecule has 0 saturated heterocycles. The number of amides is 1. The quantitative estimate of drug-likeness (QED) is 0.645. The van der Waals surface area contributed by atoms with Crippen LogP contribution in [0.5, 0.6) is 5.75 Å². The minimum absolute atomic E-state index is 0.0237. The monoisotopic (exact) mass is 207 g/mol. The first-order chi connectivity index (χ1) is 7.25. The Kier molecular flexibility index (Phi) is 1.71. The molecule has 0 radical (unpaired) electrons. The number of ether oxygens (including phenoxy) is 1. The lowest BCUT2D eigenvalue weighted by Gasteiger charge is -2.34. The maximum absolute atomic E-state index is 13.2. The maximum atomic E-state index is 13.2. The van der Waals surface area contributed by atoms with E-state index in [2.05, 4.69) is 0 Å². The average molecular weight is 207 g/mol. The van der Waals surface area contributed by atoms with E-state index < -0.39 is 0 Å². The largest absolute Gasteiger partial charge is 0.481 e. The Labute approximate surface area is 86.4 Å². The van der Waals surface area contributed by atoms with Crippen LogP contribution in [0.25, 0.3) is 0 Å². The first-order valence-corrected chi connectivity index (χ1v) is 5.01. The maximum Gasteiger partial charge on any atom is 0.265 e. The van der Waals surface area contributed by atoms with Gasteiger partial charge in [0.15, 0.2) is 6.61 Å². The van der Waals surface area contributed by atoms with Gasteiger partial charge in [-0.25, -0.2) is 4.39 Å². The zero-order valence-corrected chi connectivity index (χ0v) is 8.12. The molecule has 0 spiro atoms.